The molecule has 0 saturated heterocycles. The number of aromatic nitrogens is 2. The number of aromatic amines is 1. The predicted octanol–water partition coefficient (Wildman–Crippen LogP) is 1.10. The lowest BCUT2D eigenvalue weighted by atomic mass is 10.0. The first-order valence-electron chi connectivity index (χ1n) is 5.27. The average Bonchev–Trinajstić information content (AvgIpc) is 2.24. The minimum Gasteiger partial charge on any atom is -0.307 e. The molecular formula is C12H14N2O2. The molecule has 2 aromatic rings. The topological polar surface area (TPSA) is 54.9 Å². The molecule has 0 spiro atoms. The summed E-state index contributed by atoms with van der Waals surface area (Å²) in [5.74, 6) is 0. The van der Waals surface area contributed by atoms with Crippen LogP contribution in [0, 0.1) is 6.92 Å². The fourth-order valence-corrected chi connectivity index (χ4v) is 1.95. The zero-order valence-electron chi connectivity index (χ0n) is 9.63. The molecule has 0 fully saturated rings. The van der Waals surface area contributed by atoms with Crippen LogP contribution in [0.3, 0.4) is 0 Å². The van der Waals surface area contributed by atoms with Gasteiger partial charge in [0, 0.05) is 7.05 Å². The smallest absolute Gasteiger partial charge is 0.307 e. The normalized spacial score (nSPS) is 10.9. The molecule has 1 N–H and O–H groups in total. The lowest BCUT2D eigenvalue weighted by Crippen LogP contribution is -2.32. The van der Waals surface area contributed by atoms with Gasteiger partial charge in [-0.25, -0.2) is 4.79 Å². The third-order valence-corrected chi connectivity index (χ3v) is 2.81. The quantitative estimate of drug-likeness (QED) is 0.779. The Hall–Kier alpha value is -1.84. The van der Waals surface area contributed by atoms with Crippen LogP contribution >= 0.6 is 0 Å². The summed E-state index contributed by atoms with van der Waals surface area (Å²) in [6.45, 7) is 3.95. The number of rotatable bonds is 1. The number of nitrogens with zero attached hydrogens (tertiary/aromatic N) is 1. The molecule has 1 heterocycles. The number of nitrogens with one attached hydrogen (secondary N) is 1. The second-order valence-corrected chi connectivity index (χ2v) is 3.99. The number of aryl methyl sites for hydroxylation is 2. The molecule has 84 valence electrons. The van der Waals surface area contributed by atoms with Crippen molar-refractivity contribution in [3.63, 3.8) is 0 Å². The Morgan fingerprint density at radius 1 is 1.31 bits per heavy atom. The van der Waals surface area contributed by atoms with E-state index in [1.54, 1.807) is 0 Å². The second kappa shape index (κ2) is 3.63. The van der Waals surface area contributed by atoms with E-state index < -0.39 is 0 Å². The van der Waals surface area contributed by atoms with Crippen LogP contribution in [0.1, 0.15) is 18.1 Å². The van der Waals surface area contributed by atoms with Gasteiger partial charge in [0.15, 0.2) is 0 Å². The summed E-state index contributed by atoms with van der Waals surface area (Å²) >= 11 is 0. The fraction of sp³-hybridized carbons (Fsp3) is 0.333. The molecule has 1 aromatic heterocycles. The molecule has 16 heavy (non-hydrogen) atoms. The van der Waals surface area contributed by atoms with Crippen LogP contribution in [0.25, 0.3) is 10.9 Å². The first-order valence-corrected chi connectivity index (χ1v) is 5.27. The van der Waals surface area contributed by atoms with Gasteiger partial charge in [-0.1, -0.05) is 13.0 Å². The molecule has 0 amide bonds. The van der Waals surface area contributed by atoms with Crippen molar-refractivity contribution in [3.05, 3.63) is 44.1 Å². The van der Waals surface area contributed by atoms with Gasteiger partial charge in [0.2, 0.25) is 0 Å². The molecule has 0 aliphatic carbocycles. The number of fused-ring (bicyclic) bond motifs is 1. The van der Waals surface area contributed by atoms with Crippen molar-refractivity contribution >= 4 is 10.9 Å². The summed E-state index contributed by atoms with van der Waals surface area (Å²) in [4.78, 5) is 26.2. The number of hydrogen-bond donors (Lipinski definition) is 1. The highest BCUT2D eigenvalue weighted by molar-refractivity contribution is 5.81. The second-order valence-electron chi connectivity index (χ2n) is 3.99. The monoisotopic (exact) mass is 218 g/mol. The molecule has 0 atom stereocenters. The number of hydrogen-bond acceptors (Lipinski definition) is 2. The Morgan fingerprint density at radius 2 is 2.00 bits per heavy atom. The Morgan fingerprint density at radius 3 is 2.62 bits per heavy atom. The van der Waals surface area contributed by atoms with Gasteiger partial charge in [0.25, 0.3) is 5.56 Å². The van der Waals surface area contributed by atoms with Crippen molar-refractivity contribution in [1.82, 2.24) is 9.55 Å². The highest BCUT2D eigenvalue weighted by atomic mass is 16.2. The third kappa shape index (κ3) is 1.46. The van der Waals surface area contributed by atoms with Gasteiger partial charge in [0.1, 0.15) is 0 Å². The van der Waals surface area contributed by atoms with Crippen LogP contribution in [0.5, 0.6) is 0 Å². The number of benzene rings is 1. The first kappa shape index (κ1) is 10.7. The summed E-state index contributed by atoms with van der Waals surface area (Å²) in [6.07, 6.45) is 0.777. The molecule has 1 aromatic carbocycles. The highest BCUT2D eigenvalue weighted by Crippen LogP contribution is 2.15. The van der Waals surface area contributed by atoms with Crippen LogP contribution < -0.4 is 11.2 Å². The van der Waals surface area contributed by atoms with Crippen molar-refractivity contribution < 1.29 is 0 Å². The third-order valence-electron chi connectivity index (χ3n) is 2.81. The van der Waals surface area contributed by atoms with E-state index in [1.165, 1.54) is 7.05 Å². The molecule has 0 unspecified atom stereocenters. The maximum atomic E-state index is 12.0. The Bertz CT molecular complexity index is 665. The molecular weight excluding hydrogens is 204 g/mol. The van der Waals surface area contributed by atoms with Gasteiger partial charge in [0.05, 0.1) is 10.9 Å². The van der Waals surface area contributed by atoms with E-state index in [0.29, 0.717) is 10.9 Å². The highest BCUT2D eigenvalue weighted by Gasteiger charge is 2.08. The molecule has 0 bridgehead atoms. The van der Waals surface area contributed by atoms with E-state index in [4.69, 9.17) is 0 Å². The van der Waals surface area contributed by atoms with Crippen LogP contribution in [0.4, 0.5) is 0 Å². The van der Waals surface area contributed by atoms with E-state index in [0.717, 1.165) is 22.1 Å². The van der Waals surface area contributed by atoms with E-state index >= 15 is 0 Å². The van der Waals surface area contributed by atoms with Crippen LogP contribution in [-0.4, -0.2) is 9.55 Å². The largest absolute Gasteiger partial charge is 0.328 e. The van der Waals surface area contributed by atoms with Gasteiger partial charge in [-0.2, -0.15) is 0 Å². The van der Waals surface area contributed by atoms with E-state index in [2.05, 4.69) is 4.98 Å². The van der Waals surface area contributed by atoms with Crippen molar-refractivity contribution in [2.75, 3.05) is 0 Å². The lowest BCUT2D eigenvalue weighted by molar-refractivity contribution is 0.792. The SMILES string of the molecule is CCc1cc(C)cc2[nH]c(=O)n(C)c(=O)c12. The minimum absolute atomic E-state index is 0.226. The molecule has 4 heteroatoms. The van der Waals surface area contributed by atoms with Crippen molar-refractivity contribution in [2.24, 2.45) is 7.05 Å². The van der Waals surface area contributed by atoms with Crippen LogP contribution in [0.15, 0.2) is 21.7 Å². The van der Waals surface area contributed by atoms with Gasteiger partial charge in [-0.15, -0.1) is 0 Å². The van der Waals surface area contributed by atoms with Gasteiger partial charge < -0.3 is 4.98 Å². The Kier molecular flexibility index (Phi) is 2.42. The van der Waals surface area contributed by atoms with Crippen molar-refractivity contribution in [3.8, 4) is 0 Å². The summed E-state index contributed by atoms with van der Waals surface area (Å²) in [7, 11) is 1.49. The lowest BCUT2D eigenvalue weighted by Gasteiger charge is -2.06. The standard InChI is InChI=1S/C12H14N2O2/c1-4-8-5-7(2)6-9-10(8)11(15)14(3)12(16)13-9/h5-6H,4H2,1-3H3,(H,13,16). The molecule has 0 saturated carbocycles. The molecule has 0 aliphatic heterocycles. The van der Waals surface area contributed by atoms with Crippen LogP contribution in [-0.2, 0) is 13.5 Å². The average molecular weight is 218 g/mol. The Labute approximate surface area is 92.5 Å². The predicted molar refractivity (Wildman–Crippen MR) is 63.9 cm³/mol. The molecule has 4 nitrogen and oxygen atoms in total. The Balaban J connectivity index is 3.08. The zero-order valence-corrected chi connectivity index (χ0v) is 9.63. The first-order chi connectivity index (χ1) is 7.54. The number of H-pyrrole nitrogens is 1. The molecule has 0 aliphatic rings. The van der Waals surface area contributed by atoms with Crippen molar-refractivity contribution in [1.29, 1.82) is 0 Å². The maximum absolute atomic E-state index is 12.0. The van der Waals surface area contributed by atoms with Crippen LogP contribution in [0.2, 0.25) is 0 Å². The zero-order chi connectivity index (χ0) is 11.9. The summed E-state index contributed by atoms with van der Waals surface area (Å²) in [5.41, 5.74) is 2.06. The summed E-state index contributed by atoms with van der Waals surface area (Å²) < 4.78 is 1.11. The molecule has 2 rings (SSSR count). The maximum Gasteiger partial charge on any atom is 0.328 e. The summed E-state index contributed by atoms with van der Waals surface area (Å²) in [6, 6.07) is 3.82. The fourth-order valence-electron chi connectivity index (χ4n) is 1.95. The van der Waals surface area contributed by atoms with Gasteiger partial charge in [-0.05, 0) is 30.5 Å². The van der Waals surface area contributed by atoms with Gasteiger partial charge in [-0.3, -0.25) is 9.36 Å². The van der Waals surface area contributed by atoms with E-state index in [9.17, 15) is 9.59 Å². The minimum atomic E-state index is -0.370. The van der Waals surface area contributed by atoms with Crippen molar-refractivity contribution in [2.45, 2.75) is 20.3 Å². The van der Waals surface area contributed by atoms with Gasteiger partial charge >= 0.3 is 5.69 Å². The molecule has 0 radical (unpaired) electrons. The van der Waals surface area contributed by atoms with E-state index in [1.807, 2.05) is 26.0 Å². The van der Waals surface area contributed by atoms with E-state index in [-0.39, 0.29) is 11.2 Å². The summed E-state index contributed by atoms with van der Waals surface area (Å²) in [5, 5.41) is 0.621.